The lowest BCUT2D eigenvalue weighted by Crippen LogP contribution is -2.28. The highest BCUT2D eigenvalue weighted by Crippen LogP contribution is 2.33. The van der Waals surface area contributed by atoms with Gasteiger partial charge in [-0.15, -0.1) is 0 Å². The van der Waals surface area contributed by atoms with Crippen molar-refractivity contribution in [1.29, 1.82) is 0 Å². The van der Waals surface area contributed by atoms with Gasteiger partial charge in [0.25, 0.3) is 0 Å². The Kier molecular flexibility index (Phi) is 5.33. The van der Waals surface area contributed by atoms with Crippen LogP contribution in [0.2, 0.25) is 0 Å². The van der Waals surface area contributed by atoms with Crippen LogP contribution in [0.1, 0.15) is 53.4 Å². The highest BCUT2D eigenvalue weighted by molar-refractivity contribution is 5.89. The third-order valence-electron chi connectivity index (χ3n) is 4.09. The molecule has 4 nitrogen and oxygen atoms in total. The minimum Gasteiger partial charge on any atom is -0.444 e. The third-order valence-corrected chi connectivity index (χ3v) is 4.09. The summed E-state index contributed by atoms with van der Waals surface area (Å²) >= 11 is 0. The highest BCUT2D eigenvalue weighted by Gasteiger charge is 2.26. The van der Waals surface area contributed by atoms with Crippen LogP contribution in [0.15, 0.2) is 24.3 Å². The van der Waals surface area contributed by atoms with Crippen molar-refractivity contribution in [3.05, 3.63) is 24.3 Å². The summed E-state index contributed by atoms with van der Waals surface area (Å²) in [6.07, 6.45) is 4.53. The van der Waals surface area contributed by atoms with Gasteiger partial charge in [0.05, 0.1) is 11.4 Å². The lowest BCUT2D eigenvalue weighted by atomic mass is 10.0. The summed E-state index contributed by atoms with van der Waals surface area (Å²) in [4.78, 5) is 12.0. The van der Waals surface area contributed by atoms with Gasteiger partial charge in [-0.05, 0) is 51.7 Å². The fraction of sp³-hybridized carbons (Fsp3) is 0.611. The molecule has 0 radical (unpaired) electrons. The summed E-state index contributed by atoms with van der Waals surface area (Å²) in [6, 6.07) is 8.31. The van der Waals surface area contributed by atoms with Crippen LogP contribution in [0.3, 0.4) is 0 Å². The summed E-state index contributed by atoms with van der Waals surface area (Å²) in [5, 5.41) is 6.46. The molecule has 1 fully saturated rings. The lowest BCUT2D eigenvalue weighted by molar-refractivity contribution is 0.0636. The van der Waals surface area contributed by atoms with Gasteiger partial charge >= 0.3 is 6.09 Å². The van der Waals surface area contributed by atoms with Crippen molar-refractivity contribution < 1.29 is 9.53 Å². The van der Waals surface area contributed by atoms with E-state index in [1.54, 1.807) is 0 Å². The lowest BCUT2D eigenvalue weighted by Gasteiger charge is -2.24. The van der Waals surface area contributed by atoms with Gasteiger partial charge in [-0.25, -0.2) is 4.79 Å². The molecule has 2 rings (SSSR count). The van der Waals surface area contributed by atoms with Crippen molar-refractivity contribution in [3.8, 4) is 0 Å². The summed E-state index contributed by atoms with van der Waals surface area (Å²) in [5.74, 6) is 0.717. The SMILES string of the molecule is CCC1CCCC1Nc1ccccc1NC(=O)OC(C)(C)C. The van der Waals surface area contributed by atoms with Gasteiger partial charge in [0, 0.05) is 6.04 Å². The maximum atomic E-state index is 12.0. The van der Waals surface area contributed by atoms with E-state index in [-0.39, 0.29) is 0 Å². The highest BCUT2D eigenvalue weighted by atomic mass is 16.6. The normalized spacial score (nSPS) is 21.5. The molecule has 122 valence electrons. The Labute approximate surface area is 133 Å². The first-order valence-corrected chi connectivity index (χ1v) is 8.24. The van der Waals surface area contributed by atoms with Gasteiger partial charge in [-0.3, -0.25) is 5.32 Å². The molecule has 0 spiro atoms. The Morgan fingerprint density at radius 1 is 1.23 bits per heavy atom. The number of para-hydroxylation sites is 2. The van der Waals surface area contributed by atoms with Crippen LogP contribution in [-0.4, -0.2) is 17.7 Å². The largest absolute Gasteiger partial charge is 0.444 e. The molecule has 2 atom stereocenters. The molecule has 1 aromatic rings. The van der Waals surface area contributed by atoms with E-state index in [9.17, 15) is 4.79 Å². The van der Waals surface area contributed by atoms with Crippen LogP contribution in [0, 0.1) is 5.92 Å². The molecule has 0 aromatic heterocycles. The van der Waals surface area contributed by atoms with Gasteiger partial charge in [0.15, 0.2) is 0 Å². The van der Waals surface area contributed by atoms with Crippen molar-refractivity contribution in [1.82, 2.24) is 0 Å². The predicted molar refractivity (Wildman–Crippen MR) is 91.3 cm³/mol. The maximum Gasteiger partial charge on any atom is 0.412 e. The van der Waals surface area contributed by atoms with Gasteiger partial charge in [-0.2, -0.15) is 0 Å². The standard InChI is InChI=1S/C18H28N2O2/c1-5-13-9-8-12-14(13)19-15-10-6-7-11-16(15)20-17(21)22-18(2,3)4/h6-7,10-11,13-14,19H,5,8-9,12H2,1-4H3,(H,20,21). The zero-order valence-corrected chi connectivity index (χ0v) is 14.1. The minimum atomic E-state index is -0.495. The molecule has 22 heavy (non-hydrogen) atoms. The van der Waals surface area contributed by atoms with E-state index < -0.39 is 11.7 Å². The molecular formula is C18H28N2O2. The Balaban J connectivity index is 2.05. The second-order valence-electron chi connectivity index (χ2n) is 7.02. The molecular weight excluding hydrogens is 276 g/mol. The minimum absolute atomic E-state index is 0.416. The topological polar surface area (TPSA) is 50.4 Å². The number of ether oxygens (including phenoxy) is 1. The molecule has 1 aliphatic carbocycles. The second-order valence-corrected chi connectivity index (χ2v) is 7.02. The molecule has 0 heterocycles. The van der Waals surface area contributed by atoms with E-state index in [1.165, 1.54) is 25.7 Å². The zero-order chi connectivity index (χ0) is 16.2. The monoisotopic (exact) mass is 304 g/mol. The number of carbonyl (C=O) groups is 1. The summed E-state index contributed by atoms with van der Waals surface area (Å²) < 4.78 is 5.33. The number of rotatable bonds is 4. The number of amides is 1. The molecule has 1 aromatic carbocycles. The number of benzene rings is 1. The Hall–Kier alpha value is -1.71. The second kappa shape index (κ2) is 7.03. The number of anilines is 2. The molecule has 1 saturated carbocycles. The molecule has 4 heteroatoms. The third kappa shape index (κ3) is 4.65. The summed E-state index contributed by atoms with van der Waals surface area (Å²) in [5.41, 5.74) is 1.25. The number of hydrogen-bond acceptors (Lipinski definition) is 3. The number of carbonyl (C=O) groups excluding carboxylic acids is 1. The van der Waals surface area contributed by atoms with Crippen LogP contribution in [0.25, 0.3) is 0 Å². The average Bonchev–Trinajstić information content (AvgIpc) is 2.86. The van der Waals surface area contributed by atoms with E-state index in [0.29, 0.717) is 6.04 Å². The fourth-order valence-electron chi connectivity index (χ4n) is 3.05. The molecule has 2 unspecified atom stereocenters. The van der Waals surface area contributed by atoms with Crippen LogP contribution in [-0.2, 0) is 4.74 Å². The first-order valence-electron chi connectivity index (χ1n) is 8.24. The van der Waals surface area contributed by atoms with Crippen LogP contribution in [0.5, 0.6) is 0 Å². The van der Waals surface area contributed by atoms with Gasteiger partial charge in [0.1, 0.15) is 5.60 Å². The van der Waals surface area contributed by atoms with Crippen molar-refractivity contribution in [3.63, 3.8) is 0 Å². The average molecular weight is 304 g/mol. The summed E-state index contributed by atoms with van der Waals surface area (Å²) in [7, 11) is 0. The van der Waals surface area contributed by atoms with Crippen LogP contribution >= 0.6 is 0 Å². The Morgan fingerprint density at radius 2 is 1.91 bits per heavy atom. The molecule has 0 saturated heterocycles. The molecule has 2 N–H and O–H groups in total. The molecule has 1 aliphatic rings. The Morgan fingerprint density at radius 3 is 2.55 bits per heavy atom. The zero-order valence-electron chi connectivity index (χ0n) is 14.1. The van der Waals surface area contributed by atoms with E-state index >= 15 is 0 Å². The summed E-state index contributed by atoms with van der Waals surface area (Å²) in [6.45, 7) is 7.83. The molecule has 0 bridgehead atoms. The van der Waals surface area contributed by atoms with E-state index in [2.05, 4.69) is 17.6 Å². The van der Waals surface area contributed by atoms with E-state index in [4.69, 9.17) is 4.74 Å². The Bertz CT molecular complexity index is 508. The first-order chi connectivity index (χ1) is 10.4. The van der Waals surface area contributed by atoms with E-state index in [0.717, 1.165) is 17.3 Å². The van der Waals surface area contributed by atoms with Gasteiger partial charge in [-0.1, -0.05) is 31.9 Å². The quantitative estimate of drug-likeness (QED) is 0.820. The van der Waals surface area contributed by atoms with Crippen LogP contribution < -0.4 is 10.6 Å². The first kappa shape index (κ1) is 16.7. The predicted octanol–water partition coefficient (Wildman–Crippen LogP) is 5.02. The van der Waals surface area contributed by atoms with Crippen molar-refractivity contribution in [2.75, 3.05) is 10.6 Å². The number of nitrogens with one attached hydrogen (secondary N) is 2. The molecule has 0 aliphatic heterocycles. The van der Waals surface area contributed by atoms with Crippen molar-refractivity contribution in [2.45, 2.75) is 65.0 Å². The van der Waals surface area contributed by atoms with Crippen molar-refractivity contribution >= 4 is 17.5 Å². The fourth-order valence-corrected chi connectivity index (χ4v) is 3.05. The van der Waals surface area contributed by atoms with Crippen molar-refractivity contribution in [2.24, 2.45) is 5.92 Å². The maximum absolute atomic E-state index is 12.0. The smallest absolute Gasteiger partial charge is 0.412 e. The van der Waals surface area contributed by atoms with Gasteiger partial charge < -0.3 is 10.1 Å². The van der Waals surface area contributed by atoms with Crippen LogP contribution in [0.4, 0.5) is 16.2 Å². The number of hydrogen-bond donors (Lipinski definition) is 2. The molecule has 1 amide bonds. The van der Waals surface area contributed by atoms with E-state index in [1.807, 2.05) is 45.0 Å². The van der Waals surface area contributed by atoms with Gasteiger partial charge in [0.2, 0.25) is 0 Å².